The smallest absolute Gasteiger partial charge is 0.00874 e. The average molecular weight is 130 g/mol. The Morgan fingerprint density at radius 3 is 2.14 bits per heavy atom. The van der Waals surface area contributed by atoms with Gasteiger partial charge in [0.2, 0.25) is 0 Å². The molecular formula is C3H10N2Si2. The van der Waals surface area contributed by atoms with E-state index in [-0.39, 0.29) is 0 Å². The van der Waals surface area contributed by atoms with Gasteiger partial charge in [-0.2, -0.15) is 0 Å². The van der Waals surface area contributed by atoms with Crippen LogP contribution in [-0.4, -0.2) is 18.8 Å². The third kappa shape index (κ3) is 28.4. The van der Waals surface area contributed by atoms with Crippen LogP contribution in [0.1, 0.15) is 0 Å². The van der Waals surface area contributed by atoms with Crippen LogP contribution in [0, 0.1) is 10.8 Å². The molecule has 0 amide bonds. The van der Waals surface area contributed by atoms with Crippen molar-refractivity contribution in [1.82, 2.24) is 0 Å². The highest BCUT2D eigenvalue weighted by molar-refractivity contribution is 6.89. The minimum absolute atomic E-state index is 0.435. The molecule has 4 heteroatoms. The predicted molar refractivity (Wildman–Crippen MR) is 36.9 cm³/mol. The molecule has 0 saturated heterocycles. The van der Waals surface area contributed by atoms with E-state index in [4.69, 9.17) is 10.8 Å². The zero-order valence-electron chi connectivity index (χ0n) is 4.59. The second-order valence-electron chi connectivity index (χ2n) is 1.08. The monoisotopic (exact) mass is 130 g/mol. The Hall–Kier alpha value is -0.406. The molecule has 0 rings (SSSR count). The molecule has 0 aromatic rings. The minimum atomic E-state index is 0.435. The van der Waals surface area contributed by atoms with Gasteiger partial charge in [0.1, 0.15) is 0 Å². The van der Waals surface area contributed by atoms with Crippen LogP contribution < -0.4 is 0 Å². The fourth-order valence-electron chi connectivity index (χ4n) is 0.204. The maximum absolute atomic E-state index is 6.00. The molecular weight excluding hydrogens is 120 g/mol. The van der Waals surface area contributed by atoms with Gasteiger partial charge >= 0.3 is 0 Å². The van der Waals surface area contributed by atoms with Crippen LogP contribution in [0.4, 0.5) is 0 Å². The maximum atomic E-state index is 6.00. The number of hydrogen-bond acceptors (Lipinski definition) is 2. The minimum Gasteiger partial charge on any atom is -0.103 e. The van der Waals surface area contributed by atoms with E-state index in [1.807, 2.05) is 6.08 Å². The molecule has 0 N–H and O–H groups in total. The van der Waals surface area contributed by atoms with E-state index in [9.17, 15) is 0 Å². The van der Waals surface area contributed by atoms with Crippen molar-refractivity contribution < 1.29 is 0 Å². The lowest BCUT2D eigenvalue weighted by Crippen LogP contribution is -1.79. The van der Waals surface area contributed by atoms with Gasteiger partial charge in [-0.15, -0.1) is 6.58 Å². The molecule has 0 aliphatic heterocycles. The van der Waals surface area contributed by atoms with E-state index in [0.29, 0.717) is 9.04 Å². The lowest BCUT2D eigenvalue weighted by Gasteiger charge is -1.71. The molecule has 0 aromatic heterocycles. The van der Waals surface area contributed by atoms with E-state index in [1.165, 1.54) is 15.8 Å². The zero-order valence-corrected chi connectivity index (χ0v) is 8.01. The first kappa shape index (κ1) is 9.78. The van der Waals surface area contributed by atoms with Crippen molar-refractivity contribution in [2.45, 2.75) is 6.04 Å². The van der Waals surface area contributed by atoms with Gasteiger partial charge in [-0.05, 0) is 15.8 Å². The van der Waals surface area contributed by atoms with Gasteiger partial charge in [-0.25, -0.2) is 0 Å². The number of allylic oxidation sites excluding steroid dienone is 1. The van der Waals surface area contributed by atoms with Gasteiger partial charge in [0.25, 0.3) is 0 Å². The fraction of sp³-hybridized carbons (Fsp3) is 0.333. The summed E-state index contributed by atoms with van der Waals surface area (Å²) in [6.07, 6.45) is 2.03. The first-order valence-corrected chi connectivity index (χ1v) is 8.88. The number of rotatable bonds is 2. The maximum Gasteiger partial charge on any atom is 0.00874 e. The quantitative estimate of drug-likeness (QED) is 0.275. The van der Waals surface area contributed by atoms with Gasteiger partial charge in [0.05, 0.1) is 0 Å². The molecule has 0 aliphatic rings. The van der Waals surface area contributed by atoms with Crippen LogP contribution in [0.3, 0.4) is 0 Å². The molecule has 7 heavy (non-hydrogen) atoms. The Morgan fingerprint density at radius 1 is 1.71 bits per heavy atom. The van der Waals surface area contributed by atoms with Crippen LogP contribution in [0.5, 0.6) is 0 Å². The van der Waals surface area contributed by atoms with Crippen molar-refractivity contribution in [1.29, 1.82) is 10.8 Å². The van der Waals surface area contributed by atoms with E-state index in [0.717, 1.165) is 0 Å². The molecule has 0 unspecified atom stereocenters. The molecule has 0 bridgehead atoms. The molecule has 40 valence electrons. The van der Waals surface area contributed by atoms with Gasteiger partial charge in [-0.1, -0.05) is 6.08 Å². The average Bonchev–Trinajstić information content (AvgIpc) is 1.75. The molecule has 0 saturated carbocycles. The Kier molecular flexibility index (Phi) is 24.5. The largest absolute Gasteiger partial charge is 0.103 e. The van der Waals surface area contributed by atoms with E-state index < -0.39 is 0 Å². The lowest BCUT2D eigenvalue weighted by atomic mass is 10.8. The number of hydrogen-bond donors (Lipinski definition) is 0. The van der Waals surface area contributed by atoms with Crippen molar-refractivity contribution >= 4 is 18.8 Å². The predicted octanol–water partition coefficient (Wildman–Crippen LogP) is -0.930. The fourth-order valence-corrected chi connectivity index (χ4v) is 1.84. The normalized spacial score (nSPS) is 7.71. The highest BCUT2D eigenvalue weighted by atomic mass is 29.1. The molecule has 2 nitrogen and oxygen atoms in total. The van der Waals surface area contributed by atoms with Crippen molar-refractivity contribution in [2.75, 3.05) is 0 Å². The highest BCUT2D eigenvalue weighted by Gasteiger charge is 1.63. The molecule has 0 aromatic carbocycles. The third-order valence-electron chi connectivity index (χ3n) is 0.493. The first-order valence-electron chi connectivity index (χ1n) is 2.22. The zero-order chi connectivity index (χ0) is 6.12. The molecule has 0 radical (unpaired) electrons. The van der Waals surface area contributed by atoms with Gasteiger partial charge in [0.15, 0.2) is 0 Å². The lowest BCUT2D eigenvalue weighted by molar-refractivity contribution is 1.15. The summed E-state index contributed by atoms with van der Waals surface area (Å²) in [6, 6.07) is 1.35. The van der Waals surface area contributed by atoms with Crippen molar-refractivity contribution in [3.63, 3.8) is 0 Å². The Balaban J connectivity index is 0. The van der Waals surface area contributed by atoms with Crippen LogP contribution in [0.15, 0.2) is 12.7 Å². The summed E-state index contributed by atoms with van der Waals surface area (Å²) >= 11 is 0. The molecule has 0 atom stereocenters. The SMILES string of the molecule is C=CC[SiH2][SiH3].N#N. The highest BCUT2D eigenvalue weighted by Crippen LogP contribution is 1.68. The molecule has 0 spiro atoms. The second-order valence-corrected chi connectivity index (χ2v) is 5.65. The second kappa shape index (κ2) is 17.5. The van der Waals surface area contributed by atoms with Crippen LogP contribution in [0.25, 0.3) is 0 Å². The molecule has 0 heterocycles. The molecule has 0 aliphatic carbocycles. The van der Waals surface area contributed by atoms with Crippen molar-refractivity contribution in [3.8, 4) is 0 Å². The first-order chi connectivity index (χ1) is 3.41. The Labute approximate surface area is 49.1 Å². The van der Waals surface area contributed by atoms with Crippen LogP contribution in [0.2, 0.25) is 6.04 Å². The third-order valence-corrected chi connectivity index (χ3v) is 3.21. The van der Waals surface area contributed by atoms with Crippen LogP contribution in [-0.2, 0) is 0 Å². The molecule has 0 fully saturated rings. The van der Waals surface area contributed by atoms with Gasteiger partial charge in [0, 0.05) is 19.8 Å². The van der Waals surface area contributed by atoms with E-state index in [2.05, 4.69) is 6.58 Å². The van der Waals surface area contributed by atoms with E-state index in [1.54, 1.807) is 0 Å². The summed E-state index contributed by atoms with van der Waals surface area (Å²) < 4.78 is 0. The summed E-state index contributed by atoms with van der Waals surface area (Å²) in [4.78, 5) is 0. The Morgan fingerprint density at radius 2 is 2.14 bits per heavy atom. The topological polar surface area (TPSA) is 47.6 Å². The van der Waals surface area contributed by atoms with Crippen LogP contribution >= 0.6 is 0 Å². The summed E-state index contributed by atoms with van der Waals surface area (Å²) in [5, 5.41) is 12.0. The van der Waals surface area contributed by atoms with Gasteiger partial charge in [-0.3, -0.25) is 0 Å². The van der Waals surface area contributed by atoms with Gasteiger partial charge < -0.3 is 0 Å². The standard InChI is InChI=1S/C3H10Si2.N2/c1-2-3-5-4;1-2/h2H,1,3,5H2,4H3;. The summed E-state index contributed by atoms with van der Waals surface area (Å²) in [5.41, 5.74) is 0. The number of nitrogens with zero attached hydrogens (tertiary/aromatic N) is 2. The van der Waals surface area contributed by atoms with Crippen molar-refractivity contribution in [3.05, 3.63) is 12.7 Å². The summed E-state index contributed by atoms with van der Waals surface area (Å²) in [6.45, 7) is 3.61. The van der Waals surface area contributed by atoms with E-state index >= 15 is 0 Å². The Bertz CT molecular complexity index is 52.1. The van der Waals surface area contributed by atoms with Crippen molar-refractivity contribution in [2.24, 2.45) is 0 Å². The summed E-state index contributed by atoms with van der Waals surface area (Å²) in [7, 11) is 1.90. The summed E-state index contributed by atoms with van der Waals surface area (Å²) in [5.74, 6) is 0.